The summed E-state index contributed by atoms with van der Waals surface area (Å²) in [5, 5.41) is 4.22. The van der Waals surface area contributed by atoms with Crippen LogP contribution in [0.1, 0.15) is 23.2 Å². The normalized spacial score (nSPS) is 15.6. The van der Waals surface area contributed by atoms with Crippen molar-refractivity contribution in [2.24, 2.45) is 0 Å². The molecule has 1 amide bonds. The minimum Gasteiger partial charge on any atom is -0.382 e. The summed E-state index contributed by atoms with van der Waals surface area (Å²) >= 11 is 6.00. The summed E-state index contributed by atoms with van der Waals surface area (Å²) in [4.78, 5) is 18.2. The Hall–Kier alpha value is -2.07. The van der Waals surface area contributed by atoms with E-state index >= 15 is 0 Å². The molecular weight excluding hydrogens is 298 g/mol. The molecule has 1 aliphatic rings. The van der Waals surface area contributed by atoms with Gasteiger partial charge in [0, 0.05) is 47.8 Å². The van der Waals surface area contributed by atoms with E-state index in [0.717, 1.165) is 36.6 Å². The van der Waals surface area contributed by atoms with Crippen molar-refractivity contribution < 1.29 is 4.79 Å². The van der Waals surface area contributed by atoms with Crippen molar-refractivity contribution in [1.82, 2.24) is 9.88 Å². The Morgan fingerprint density at radius 2 is 1.91 bits per heavy atom. The lowest BCUT2D eigenvalue weighted by molar-refractivity contribution is 0.0718. The van der Waals surface area contributed by atoms with E-state index in [1.165, 1.54) is 0 Å². The van der Waals surface area contributed by atoms with Gasteiger partial charge in [0.15, 0.2) is 0 Å². The van der Waals surface area contributed by atoms with Crippen molar-refractivity contribution in [2.75, 3.05) is 18.4 Å². The van der Waals surface area contributed by atoms with E-state index in [1.807, 2.05) is 29.2 Å². The van der Waals surface area contributed by atoms with Gasteiger partial charge in [-0.15, -0.1) is 0 Å². The summed E-state index contributed by atoms with van der Waals surface area (Å²) < 4.78 is 0. The van der Waals surface area contributed by atoms with Crippen LogP contribution in [-0.2, 0) is 0 Å². The van der Waals surface area contributed by atoms with E-state index < -0.39 is 0 Å². The molecule has 0 atom stereocenters. The summed E-state index contributed by atoms with van der Waals surface area (Å²) in [7, 11) is 0. The number of anilines is 1. The molecule has 1 aliphatic heterocycles. The molecule has 2 heterocycles. The van der Waals surface area contributed by atoms with E-state index in [0.29, 0.717) is 11.6 Å². The maximum absolute atomic E-state index is 12.4. The lowest BCUT2D eigenvalue weighted by Gasteiger charge is -2.33. The van der Waals surface area contributed by atoms with Crippen molar-refractivity contribution in [3.63, 3.8) is 0 Å². The number of hydrogen-bond donors (Lipinski definition) is 1. The average Bonchev–Trinajstić information content (AvgIpc) is 2.56. The molecule has 1 saturated heterocycles. The van der Waals surface area contributed by atoms with E-state index in [4.69, 9.17) is 11.6 Å². The zero-order chi connectivity index (χ0) is 15.4. The van der Waals surface area contributed by atoms with Crippen molar-refractivity contribution in [1.29, 1.82) is 0 Å². The van der Waals surface area contributed by atoms with Gasteiger partial charge in [-0.25, -0.2) is 0 Å². The highest BCUT2D eigenvalue weighted by Crippen LogP contribution is 2.20. The van der Waals surface area contributed by atoms with Crippen LogP contribution in [0.5, 0.6) is 0 Å². The first-order chi connectivity index (χ1) is 10.7. The first-order valence-electron chi connectivity index (χ1n) is 7.44. The van der Waals surface area contributed by atoms with Gasteiger partial charge in [0.25, 0.3) is 5.91 Å². The van der Waals surface area contributed by atoms with Crippen LogP contribution in [0, 0.1) is 0 Å². The molecule has 5 heteroatoms. The predicted molar refractivity (Wildman–Crippen MR) is 88.2 cm³/mol. The number of nitrogens with one attached hydrogen (secondary N) is 1. The second-order valence-electron chi connectivity index (χ2n) is 5.46. The number of aromatic nitrogens is 1. The highest BCUT2D eigenvalue weighted by molar-refractivity contribution is 6.30. The van der Waals surface area contributed by atoms with Crippen molar-refractivity contribution >= 4 is 23.2 Å². The molecule has 1 fully saturated rings. The summed E-state index contributed by atoms with van der Waals surface area (Å²) in [6, 6.07) is 11.6. The van der Waals surface area contributed by atoms with Crippen LogP contribution in [-0.4, -0.2) is 34.9 Å². The average molecular weight is 316 g/mol. The number of carbonyl (C=O) groups excluding carboxylic acids is 1. The Kier molecular flexibility index (Phi) is 4.59. The van der Waals surface area contributed by atoms with Gasteiger partial charge in [0.05, 0.1) is 0 Å². The van der Waals surface area contributed by atoms with E-state index in [9.17, 15) is 4.79 Å². The van der Waals surface area contributed by atoms with E-state index in [2.05, 4.69) is 10.3 Å². The SMILES string of the molecule is O=C(c1ccncc1)N1CCC(Nc2cccc(Cl)c2)CC1. The number of halogens is 1. The molecular formula is C17H18ClN3O. The Bertz CT molecular complexity index is 639. The fraction of sp³-hybridized carbons (Fsp3) is 0.294. The molecule has 4 nitrogen and oxygen atoms in total. The molecule has 1 aromatic heterocycles. The standard InChI is InChI=1S/C17H18ClN3O/c18-14-2-1-3-16(12-14)20-15-6-10-21(11-7-15)17(22)13-4-8-19-9-5-13/h1-5,8-9,12,15,20H,6-7,10-11H2. The molecule has 3 rings (SSSR count). The molecule has 0 unspecified atom stereocenters. The fourth-order valence-corrected chi connectivity index (χ4v) is 2.91. The van der Waals surface area contributed by atoms with Crippen molar-refractivity contribution in [3.8, 4) is 0 Å². The molecule has 0 aliphatic carbocycles. The predicted octanol–water partition coefficient (Wildman–Crippen LogP) is 3.45. The number of amides is 1. The number of pyridine rings is 1. The van der Waals surface area contributed by atoms with Crippen LogP contribution in [0.4, 0.5) is 5.69 Å². The van der Waals surface area contributed by atoms with Crippen LogP contribution in [0.25, 0.3) is 0 Å². The summed E-state index contributed by atoms with van der Waals surface area (Å²) in [5.41, 5.74) is 1.74. The van der Waals surface area contributed by atoms with Gasteiger partial charge in [0.1, 0.15) is 0 Å². The lowest BCUT2D eigenvalue weighted by Crippen LogP contribution is -2.42. The van der Waals surface area contributed by atoms with Crippen molar-refractivity contribution in [3.05, 3.63) is 59.4 Å². The first kappa shape index (κ1) is 14.9. The van der Waals surface area contributed by atoms with Gasteiger partial charge in [-0.2, -0.15) is 0 Å². The summed E-state index contributed by atoms with van der Waals surface area (Å²) in [6.45, 7) is 1.53. The largest absolute Gasteiger partial charge is 0.382 e. The van der Waals surface area contributed by atoms with E-state index in [1.54, 1.807) is 24.5 Å². The smallest absolute Gasteiger partial charge is 0.253 e. The van der Waals surface area contributed by atoms with Crippen LogP contribution >= 0.6 is 11.6 Å². The summed E-state index contributed by atoms with van der Waals surface area (Å²) in [6.07, 6.45) is 5.17. The highest BCUT2D eigenvalue weighted by atomic mass is 35.5. The molecule has 0 bridgehead atoms. The number of benzene rings is 1. The summed E-state index contributed by atoms with van der Waals surface area (Å²) in [5.74, 6) is 0.0867. The van der Waals surface area contributed by atoms with Gasteiger partial charge in [-0.1, -0.05) is 17.7 Å². The Labute approximate surface area is 135 Å². The first-order valence-corrected chi connectivity index (χ1v) is 7.81. The molecule has 0 saturated carbocycles. The lowest BCUT2D eigenvalue weighted by atomic mass is 10.0. The van der Waals surface area contributed by atoms with E-state index in [-0.39, 0.29) is 5.91 Å². The maximum Gasteiger partial charge on any atom is 0.253 e. The third kappa shape index (κ3) is 3.57. The number of likely N-dealkylation sites (tertiary alicyclic amines) is 1. The maximum atomic E-state index is 12.4. The molecule has 2 aromatic rings. The van der Waals surface area contributed by atoms with Crippen LogP contribution in [0.15, 0.2) is 48.8 Å². The number of rotatable bonds is 3. The third-order valence-electron chi connectivity index (χ3n) is 3.90. The van der Waals surface area contributed by atoms with Gasteiger partial charge in [0.2, 0.25) is 0 Å². The zero-order valence-corrected chi connectivity index (χ0v) is 13.0. The molecule has 1 N–H and O–H groups in total. The van der Waals surface area contributed by atoms with Gasteiger partial charge in [-0.05, 0) is 43.2 Å². The fourth-order valence-electron chi connectivity index (χ4n) is 2.72. The van der Waals surface area contributed by atoms with Crippen LogP contribution in [0.2, 0.25) is 5.02 Å². The number of hydrogen-bond acceptors (Lipinski definition) is 3. The van der Waals surface area contributed by atoms with Gasteiger partial charge >= 0.3 is 0 Å². The number of piperidine rings is 1. The Morgan fingerprint density at radius 1 is 1.18 bits per heavy atom. The molecule has 1 aromatic carbocycles. The van der Waals surface area contributed by atoms with Gasteiger partial charge < -0.3 is 10.2 Å². The second kappa shape index (κ2) is 6.79. The minimum absolute atomic E-state index is 0.0867. The number of nitrogens with zero attached hydrogens (tertiary/aromatic N) is 2. The molecule has 114 valence electrons. The third-order valence-corrected chi connectivity index (χ3v) is 4.14. The van der Waals surface area contributed by atoms with Gasteiger partial charge in [-0.3, -0.25) is 9.78 Å². The zero-order valence-electron chi connectivity index (χ0n) is 12.2. The minimum atomic E-state index is 0.0867. The Balaban J connectivity index is 1.55. The molecule has 22 heavy (non-hydrogen) atoms. The van der Waals surface area contributed by atoms with Crippen LogP contribution < -0.4 is 5.32 Å². The quantitative estimate of drug-likeness (QED) is 0.943. The topological polar surface area (TPSA) is 45.2 Å². The van der Waals surface area contributed by atoms with Crippen molar-refractivity contribution in [2.45, 2.75) is 18.9 Å². The Morgan fingerprint density at radius 3 is 2.59 bits per heavy atom. The van der Waals surface area contributed by atoms with Crippen LogP contribution in [0.3, 0.4) is 0 Å². The monoisotopic (exact) mass is 315 g/mol. The number of carbonyl (C=O) groups is 1. The molecule has 0 radical (unpaired) electrons. The second-order valence-corrected chi connectivity index (χ2v) is 5.89. The highest BCUT2D eigenvalue weighted by Gasteiger charge is 2.23. The molecule has 0 spiro atoms.